The van der Waals surface area contributed by atoms with Gasteiger partial charge >= 0.3 is 5.97 Å². The number of amides is 1. The maximum atomic E-state index is 12.1. The monoisotopic (exact) mass is 406 g/mol. The van der Waals surface area contributed by atoms with Gasteiger partial charge in [-0.05, 0) is 42.5 Å². The normalized spacial score (nSPS) is 10.7. The molecule has 0 saturated heterocycles. The summed E-state index contributed by atoms with van der Waals surface area (Å²) in [7, 11) is -3.84. The summed E-state index contributed by atoms with van der Waals surface area (Å²) >= 11 is 5.75. The Bertz CT molecular complexity index is 982. The molecule has 0 spiro atoms. The average molecular weight is 407 g/mol. The van der Waals surface area contributed by atoms with Crippen molar-refractivity contribution < 1.29 is 22.7 Å². The van der Waals surface area contributed by atoms with Crippen molar-refractivity contribution in [1.82, 2.24) is 4.72 Å². The summed E-state index contributed by atoms with van der Waals surface area (Å²) in [5.41, 5.74) is 0.478. The molecule has 0 heterocycles. The van der Waals surface area contributed by atoms with Gasteiger partial charge in [0, 0.05) is 10.7 Å². The van der Waals surface area contributed by atoms with Gasteiger partial charge in [0.2, 0.25) is 10.0 Å². The summed E-state index contributed by atoms with van der Waals surface area (Å²) in [5, 5.41) is 3.05. The van der Waals surface area contributed by atoms with Gasteiger partial charge in [-0.25, -0.2) is 13.2 Å². The number of rotatable bonds is 7. The minimum Gasteiger partial charge on any atom is -0.452 e. The molecular weight excluding hydrogens is 392 g/mol. The Kier molecular flexibility index (Phi) is 6.96. The third kappa shape index (κ3) is 6.11. The van der Waals surface area contributed by atoms with Crippen molar-refractivity contribution in [3.05, 3.63) is 59.1 Å². The van der Waals surface area contributed by atoms with Crippen LogP contribution in [0.2, 0.25) is 5.02 Å². The maximum Gasteiger partial charge on any atom is 0.338 e. The van der Waals surface area contributed by atoms with Crippen LogP contribution in [0.15, 0.2) is 53.4 Å². The van der Waals surface area contributed by atoms with E-state index < -0.39 is 28.5 Å². The Morgan fingerprint density at radius 2 is 1.85 bits per heavy atom. The summed E-state index contributed by atoms with van der Waals surface area (Å²) in [5.74, 6) is 0.764. The van der Waals surface area contributed by atoms with Gasteiger partial charge in [0.1, 0.15) is 0 Å². The summed E-state index contributed by atoms with van der Waals surface area (Å²) in [6, 6.07) is 11.6. The van der Waals surface area contributed by atoms with Crippen LogP contribution in [-0.4, -0.2) is 33.4 Å². The van der Waals surface area contributed by atoms with Gasteiger partial charge in [-0.1, -0.05) is 23.6 Å². The Labute approximate surface area is 161 Å². The average Bonchev–Trinajstić information content (AvgIpc) is 2.66. The number of ether oxygens (including phenoxy) is 1. The summed E-state index contributed by atoms with van der Waals surface area (Å²) < 4.78 is 31.1. The standard InChI is InChI=1S/C18H15ClN2O5S/c1-2-10-20-27(24,25)16-5-3-4-13(11-16)18(23)26-12-17(22)21-15-8-6-14(19)7-9-15/h1,3-9,11,20H,10,12H2,(H,21,22). The zero-order valence-electron chi connectivity index (χ0n) is 13.9. The molecule has 2 N–H and O–H groups in total. The first kappa shape index (κ1) is 20.5. The molecule has 0 fully saturated rings. The number of esters is 1. The van der Waals surface area contributed by atoms with Crippen molar-refractivity contribution in [1.29, 1.82) is 0 Å². The molecule has 0 unspecified atom stereocenters. The Morgan fingerprint density at radius 1 is 1.15 bits per heavy atom. The lowest BCUT2D eigenvalue weighted by Gasteiger charge is -2.08. The molecule has 2 rings (SSSR count). The van der Waals surface area contributed by atoms with Gasteiger partial charge < -0.3 is 10.1 Å². The molecule has 2 aromatic rings. The lowest BCUT2D eigenvalue weighted by molar-refractivity contribution is -0.119. The van der Waals surface area contributed by atoms with Crippen molar-refractivity contribution in [2.75, 3.05) is 18.5 Å². The fourth-order valence-electron chi connectivity index (χ4n) is 1.95. The molecule has 0 aromatic heterocycles. The number of sulfonamides is 1. The highest BCUT2D eigenvalue weighted by Crippen LogP contribution is 2.14. The maximum absolute atomic E-state index is 12.1. The van der Waals surface area contributed by atoms with E-state index in [4.69, 9.17) is 22.8 Å². The summed E-state index contributed by atoms with van der Waals surface area (Å²) in [4.78, 5) is 23.8. The Morgan fingerprint density at radius 3 is 2.52 bits per heavy atom. The molecule has 9 heteroatoms. The highest BCUT2D eigenvalue weighted by molar-refractivity contribution is 7.89. The second-order valence-corrected chi connectivity index (χ2v) is 7.39. The van der Waals surface area contributed by atoms with Crippen molar-refractivity contribution in [3.8, 4) is 12.3 Å². The summed E-state index contributed by atoms with van der Waals surface area (Å²) in [6.45, 7) is -0.713. The number of halogens is 1. The highest BCUT2D eigenvalue weighted by Gasteiger charge is 2.17. The van der Waals surface area contributed by atoms with Crippen LogP contribution in [0.1, 0.15) is 10.4 Å². The fraction of sp³-hybridized carbons (Fsp3) is 0.111. The molecule has 140 valence electrons. The van der Waals surface area contributed by atoms with E-state index >= 15 is 0 Å². The Balaban J connectivity index is 1.98. The number of terminal acetylenes is 1. The number of carbonyl (C=O) groups excluding carboxylic acids is 2. The molecule has 0 aliphatic carbocycles. The van der Waals surface area contributed by atoms with E-state index in [1.54, 1.807) is 24.3 Å². The van der Waals surface area contributed by atoms with Gasteiger partial charge in [-0.2, -0.15) is 4.72 Å². The van der Waals surface area contributed by atoms with E-state index in [-0.39, 0.29) is 17.0 Å². The predicted octanol–water partition coefficient (Wildman–Crippen LogP) is 2.05. The molecule has 0 saturated carbocycles. The van der Waals surface area contributed by atoms with Crippen LogP contribution in [0, 0.1) is 12.3 Å². The van der Waals surface area contributed by atoms with E-state index in [0.29, 0.717) is 10.7 Å². The first-order valence-electron chi connectivity index (χ1n) is 7.57. The van der Waals surface area contributed by atoms with Crippen LogP contribution in [0.4, 0.5) is 5.69 Å². The SMILES string of the molecule is C#CCNS(=O)(=O)c1cccc(C(=O)OCC(=O)Nc2ccc(Cl)cc2)c1. The number of hydrogen-bond acceptors (Lipinski definition) is 5. The lowest BCUT2D eigenvalue weighted by Crippen LogP contribution is -2.24. The lowest BCUT2D eigenvalue weighted by atomic mass is 10.2. The van der Waals surface area contributed by atoms with Crippen LogP contribution < -0.4 is 10.0 Å². The van der Waals surface area contributed by atoms with E-state index in [1.807, 2.05) is 0 Å². The smallest absolute Gasteiger partial charge is 0.338 e. The molecule has 0 atom stereocenters. The molecule has 7 nitrogen and oxygen atoms in total. The zero-order chi connectivity index (χ0) is 19.9. The highest BCUT2D eigenvalue weighted by atomic mass is 35.5. The zero-order valence-corrected chi connectivity index (χ0v) is 15.5. The van der Waals surface area contributed by atoms with Gasteiger partial charge in [0.15, 0.2) is 6.61 Å². The van der Waals surface area contributed by atoms with Crippen LogP contribution in [0.5, 0.6) is 0 Å². The topological polar surface area (TPSA) is 102 Å². The first-order chi connectivity index (χ1) is 12.8. The van der Waals surface area contributed by atoms with Crippen LogP contribution in [0.25, 0.3) is 0 Å². The predicted molar refractivity (Wildman–Crippen MR) is 101 cm³/mol. The third-order valence-corrected chi connectivity index (χ3v) is 4.86. The molecule has 27 heavy (non-hydrogen) atoms. The molecule has 0 bridgehead atoms. The fourth-order valence-corrected chi connectivity index (χ4v) is 3.06. The van der Waals surface area contributed by atoms with Crippen molar-refractivity contribution in [2.24, 2.45) is 0 Å². The van der Waals surface area contributed by atoms with Gasteiger partial charge in [0.05, 0.1) is 17.0 Å². The minimum atomic E-state index is -3.84. The largest absolute Gasteiger partial charge is 0.452 e. The van der Waals surface area contributed by atoms with Crippen molar-refractivity contribution in [3.63, 3.8) is 0 Å². The molecule has 1 amide bonds. The molecular formula is C18H15ClN2O5S. The number of anilines is 1. The van der Waals surface area contributed by atoms with Crippen LogP contribution in [0.3, 0.4) is 0 Å². The van der Waals surface area contributed by atoms with Crippen LogP contribution in [-0.2, 0) is 19.6 Å². The van der Waals surface area contributed by atoms with Gasteiger partial charge in [-0.3, -0.25) is 4.79 Å². The molecule has 0 radical (unpaired) electrons. The number of benzene rings is 2. The quantitative estimate of drug-likeness (QED) is 0.541. The second-order valence-electron chi connectivity index (χ2n) is 5.19. The van der Waals surface area contributed by atoms with E-state index in [9.17, 15) is 18.0 Å². The first-order valence-corrected chi connectivity index (χ1v) is 9.43. The van der Waals surface area contributed by atoms with E-state index in [2.05, 4.69) is 16.0 Å². The molecule has 0 aliphatic rings. The number of nitrogens with one attached hydrogen (secondary N) is 2. The summed E-state index contributed by atoms with van der Waals surface area (Å²) in [6.07, 6.45) is 5.03. The number of carbonyl (C=O) groups is 2. The van der Waals surface area contributed by atoms with Crippen molar-refractivity contribution in [2.45, 2.75) is 4.90 Å². The van der Waals surface area contributed by atoms with Crippen LogP contribution >= 0.6 is 11.6 Å². The number of hydrogen-bond donors (Lipinski definition) is 2. The van der Waals surface area contributed by atoms with Gasteiger partial charge in [-0.15, -0.1) is 6.42 Å². The Hall–Kier alpha value is -2.86. The van der Waals surface area contributed by atoms with E-state index in [1.165, 1.54) is 18.2 Å². The second kappa shape index (κ2) is 9.19. The van der Waals surface area contributed by atoms with E-state index in [0.717, 1.165) is 6.07 Å². The van der Waals surface area contributed by atoms with Crippen molar-refractivity contribution >= 4 is 39.2 Å². The molecule has 2 aromatic carbocycles. The van der Waals surface area contributed by atoms with Gasteiger partial charge in [0.25, 0.3) is 5.91 Å². The third-order valence-electron chi connectivity index (χ3n) is 3.21. The minimum absolute atomic E-state index is 0.0159. The molecule has 0 aliphatic heterocycles.